The second-order valence-electron chi connectivity index (χ2n) is 5.56. The van der Waals surface area contributed by atoms with Crippen LogP contribution in [0.5, 0.6) is 0 Å². The van der Waals surface area contributed by atoms with E-state index in [1.54, 1.807) is 0 Å². The number of carbonyl (C=O) groups excluding carboxylic acids is 1. The number of nitrogens with one attached hydrogen (secondary N) is 1. The molecule has 0 bridgehead atoms. The Labute approximate surface area is 141 Å². The summed E-state index contributed by atoms with van der Waals surface area (Å²) >= 11 is 5.94. The van der Waals surface area contributed by atoms with Gasteiger partial charge in [0.25, 0.3) is 0 Å². The molecule has 0 amide bonds. The fourth-order valence-electron chi connectivity index (χ4n) is 2.83. The minimum Gasteiger partial charge on any atom is -0.465 e. The van der Waals surface area contributed by atoms with Gasteiger partial charge in [0, 0.05) is 18.1 Å². The van der Waals surface area contributed by atoms with Gasteiger partial charge in [-0.1, -0.05) is 11.6 Å². The van der Waals surface area contributed by atoms with Crippen molar-refractivity contribution in [2.75, 3.05) is 33.8 Å². The van der Waals surface area contributed by atoms with Gasteiger partial charge in [0.2, 0.25) is 10.0 Å². The quantitative estimate of drug-likeness (QED) is 0.809. The normalized spacial score (nSPS) is 19.5. The Morgan fingerprint density at radius 2 is 2.22 bits per heavy atom. The van der Waals surface area contributed by atoms with E-state index in [2.05, 4.69) is 10.1 Å². The van der Waals surface area contributed by atoms with Gasteiger partial charge in [0.1, 0.15) is 0 Å². The molecule has 8 heteroatoms. The van der Waals surface area contributed by atoms with Crippen LogP contribution >= 0.6 is 11.6 Å². The monoisotopic (exact) mass is 360 g/mol. The van der Waals surface area contributed by atoms with Crippen molar-refractivity contribution in [2.45, 2.75) is 17.7 Å². The van der Waals surface area contributed by atoms with E-state index in [0.29, 0.717) is 13.1 Å². The zero-order chi connectivity index (χ0) is 17.0. The molecule has 23 heavy (non-hydrogen) atoms. The summed E-state index contributed by atoms with van der Waals surface area (Å²) in [5, 5.41) is 3.34. The standard InChI is InChI=1S/C15H21ClN2O4S/c1-17-9-11-4-3-7-18(10-11)23(20,21)14-8-12(16)5-6-13(14)15(19)22-2/h5-6,8,11,17H,3-4,7,9-10H2,1-2H3. The summed E-state index contributed by atoms with van der Waals surface area (Å²) in [5.74, 6) is -0.437. The molecule has 1 fully saturated rings. The molecule has 0 saturated carbocycles. The Morgan fingerprint density at radius 3 is 2.87 bits per heavy atom. The molecule has 1 atom stereocenters. The molecule has 128 valence electrons. The molecule has 1 aliphatic rings. The van der Waals surface area contributed by atoms with E-state index >= 15 is 0 Å². The second kappa shape index (κ2) is 7.61. The minimum atomic E-state index is -3.80. The van der Waals surface area contributed by atoms with Crippen LogP contribution < -0.4 is 5.32 Å². The number of halogens is 1. The first-order valence-corrected chi connectivity index (χ1v) is 9.24. The molecule has 1 unspecified atom stereocenters. The fraction of sp³-hybridized carbons (Fsp3) is 0.533. The predicted molar refractivity (Wildman–Crippen MR) is 88.2 cm³/mol. The Balaban J connectivity index is 2.39. The molecule has 6 nitrogen and oxygen atoms in total. The molecule has 0 aromatic heterocycles. The van der Waals surface area contributed by atoms with Gasteiger partial charge in [0.15, 0.2) is 0 Å². The van der Waals surface area contributed by atoms with Gasteiger partial charge < -0.3 is 10.1 Å². The van der Waals surface area contributed by atoms with Crippen molar-refractivity contribution < 1.29 is 17.9 Å². The molecule has 0 spiro atoms. The highest BCUT2D eigenvalue weighted by molar-refractivity contribution is 7.89. The van der Waals surface area contributed by atoms with Gasteiger partial charge >= 0.3 is 5.97 Å². The van der Waals surface area contributed by atoms with E-state index in [0.717, 1.165) is 19.4 Å². The van der Waals surface area contributed by atoms with Gasteiger partial charge in [0.05, 0.1) is 17.6 Å². The summed E-state index contributed by atoms with van der Waals surface area (Å²) in [5.41, 5.74) is 0.00707. The number of rotatable bonds is 5. The van der Waals surface area contributed by atoms with Crippen molar-refractivity contribution in [3.63, 3.8) is 0 Å². The van der Waals surface area contributed by atoms with E-state index in [9.17, 15) is 13.2 Å². The maximum Gasteiger partial charge on any atom is 0.339 e. The maximum atomic E-state index is 13.0. The highest BCUT2D eigenvalue weighted by atomic mass is 35.5. The average Bonchev–Trinajstić information content (AvgIpc) is 2.54. The lowest BCUT2D eigenvalue weighted by Gasteiger charge is -2.32. The highest BCUT2D eigenvalue weighted by Gasteiger charge is 2.33. The second-order valence-corrected chi connectivity index (χ2v) is 7.90. The number of hydrogen-bond donors (Lipinski definition) is 1. The summed E-state index contributed by atoms with van der Waals surface area (Å²) in [7, 11) is -0.735. The van der Waals surface area contributed by atoms with Gasteiger partial charge in [-0.25, -0.2) is 13.2 Å². The van der Waals surface area contributed by atoms with E-state index < -0.39 is 16.0 Å². The third-order valence-corrected chi connectivity index (χ3v) is 6.08. The van der Waals surface area contributed by atoms with Crippen LogP contribution in [0.4, 0.5) is 0 Å². The molecule has 2 rings (SSSR count). The molecule has 0 aliphatic carbocycles. The number of esters is 1. The largest absolute Gasteiger partial charge is 0.465 e. The van der Waals surface area contributed by atoms with Crippen molar-refractivity contribution in [1.29, 1.82) is 0 Å². The number of sulfonamides is 1. The first kappa shape index (κ1) is 18.2. The van der Waals surface area contributed by atoms with Crippen LogP contribution in [-0.4, -0.2) is 52.5 Å². The summed E-state index contributed by atoms with van der Waals surface area (Å²) in [4.78, 5) is 11.8. The third-order valence-electron chi connectivity index (χ3n) is 3.94. The summed E-state index contributed by atoms with van der Waals surface area (Å²) in [6.07, 6.45) is 1.77. The Bertz CT molecular complexity index is 676. The van der Waals surface area contributed by atoms with Crippen LogP contribution in [0.25, 0.3) is 0 Å². The van der Waals surface area contributed by atoms with Crippen molar-refractivity contribution in [1.82, 2.24) is 9.62 Å². The predicted octanol–water partition coefficient (Wildman–Crippen LogP) is 1.75. The van der Waals surface area contributed by atoms with Crippen molar-refractivity contribution in [3.8, 4) is 0 Å². The number of ether oxygens (including phenoxy) is 1. The van der Waals surface area contributed by atoms with Gasteiger partial charge in [-0.2, -0.15) is 4.31 Å². The zero-order valence-electron chi connectivity index (χ0n) is 13.2. The smallest absolute Gasteiger partial charge is 0.339 e. The van der Waals surface area contributed by atoms with Crippen LogP contribution in [0.3, 0.4) is 0 Å². The third kappa shape index (κ3) is 4.03. The number of carbonyl (C=O) groups is 1. The number of piperidine rings is 1. The summed E-state index contributed by atoms with van der Waals surface area (Å²) < 4.78 is 32.1. The van der Waals surface area contributed by atoms with Crippen LogP contribution in [0, 0.1) is 5.92 Å². The van der Waals surface area contributed by atoms with E-state index in [-0.39, 0.29) is 21.4 Å². The minimum absolute atomic E-state index is 0.00707. The molecule has 1 saturated heterocycles. The van der Waals surface area contributed by atoms with Crippen molar-refractivity contribution >= 4 is 27.6 Å². The van der Waals surface area contributed by atoms with Gasteiger partial charge in [-0.05, 0) is 50.6 Å². The van der Waals surface area contributed by atoms with Crippen molar-refractivity contribution in [2.24, 2.45) is 5.92 Å². The van der Waals surface area contributed by atoms with Crippen LogP contribution in [0.1, 0.15) is 23.2 Å². The van der Waals surface area contributed by atoms with Crippen molar-refractivity contribution in [3.05, 3.63) is 28.8 Å². The molecule has 1 N–H and O–H groups in total. The van der Waals surface area contributed by atoms with Crippen LogP contribution in [0.2, 0.25) is 5.02 Å². The molecular weight excluding hydrogens is 340 g/mol. The average molecular weight is 361 g/mol. The van der Waals surface area contributed by atoms with E-state index in [1.165, 1.54) is 29.6 Å². The number of benzene rings is 1. The van der Waals surface area contributed by atoms with Crippen LogP contribution in [-0.2, 0) is 14.8 Å². The zero-order valence-corrected chi connectivity index (χ0v) is 14.8. The van der Waals surface area contributed by atoms with Crippen LogP contribution in [0.15, 0.2) is 23.1 Å². The van der Waals surface area contributed by atoms with E-state index in [4.69, 9.17) is 11.6 Å². The lowest BCUT2D eigenvalue weighted by molar-refractivity contribution is 0.0596. The number of nitrogens with zero attached hydrogens (tertiary/aromatic N) is 1. The first-order chi connectivity index (χ1) is 10.9. The molecule has 0 radical (unpaired) electrons. The van der Waals surface area contributed by atoms with Gasteiger partial charge in [-0.3, -0.25) is 0 Å². The summed E-state index contributed by atoms with van der Waals surface area (Å²) in [6.45, 7) is 1.62. The Morgan fingerprint density at radius 1 is 1.48 bits per heavy atom. The van der Waals surface area contributed by atoms with E-state index in [1.807, 2.05) is 7.05 Å². The van der Waals surface area contributed by atoms with Gasteiger partial charge in [-0.15, -0.1) is 0 Å². The first-order valence-electron chi connectivity index (χ1n) is 7.42. The highest BCUT2D eigenvalue weighted by Crippen LogP contribution is 2.28. The lowest BCUT2D eigenvalue weighted by Crippen LogP contribution is -2.42. The SMILES string of the molecule is CNCC1CCCN(S(=O)(=O)c2cc(Cl)ccc2C(=O)OC)C1. The molecule has 1 aliphatic heterocycles. The molecule has 1 heterocycles. The number of methoxy groups -OCH3 is 1. The molecule has 1 aromatic carbocycles. The maximum absolute atomic E-state index is 13.0. The lowest BCUT2D eigenvalue weighted by atomic mass is 10.00. The summed E-state index contributed by atoms with van der Waals surface area (Å²) in [6, 6.07) is 4.17. The number of hydrogen-bond acceptors (Lipinski definition) is 5. The molecular formula is C15H21ClN2O4S. The fourth-order valence-corrected chi connectivity index (χ4v) is 4.82. The Hall–Kier alpha value is -1.15. The topological polar surface area (TPSA) is 75.7 Å². The molecule has 1 aromatic rings. The Kier molecular flexibility index (Phi) is 6.02.